The standard InChI is InChI=1S/C21H22N4O2S/c1-27-17-7-5-16(6-8-17)19-15-28-20(23-19)14-24-10-12-25(13-11-24)21(26)18-4-2-3-9-22-18/h2-9,15H,10-14H2,1H3. The zero-order valence-corrected chi connectivity index (χ0v) is 16.6. The van der Waals surface area contributed by atoms with Crippen LogP contribution in [0.15, 0.2) is 54.0 Å². The number of benzene rings is 1. The van der Waals surface area contributed by atoms with E-state index in [1.54, 1.807) is 30.7 Å². The maximum Gasteiger partial charge on any atom is 0.272 e. The van der Waals surface area contributed by atoms with Crippen molar-refractivity contribution in [3.8, 4) is 17.0 Å². The highest BCUT2D eigenvalue weighted by Gasteiger charge is 2.23. The number of hydrogen-bond acceptors (Lipinski definition) is 6. The van der Waals surface area contributed by atoms with E-state index in [4.69, 9.17) is 9.72 Å². The SMILES string of the molecule is COc1ccc(-c2csc(CN3CCN(C(=O)c4ccccn4)CC3)n2)cc1. The highest BCUT2D eigenvalue weighted by atomic mass is 32.1. The van der Waals surface area contributed by atoms with Crippen LogP contribution in [-0.4, -0.2) is 59.0 Å². The molecule has 1 saturated heterocycles. The van der Waals surface area contributed by atoms with Crippen molar-refractivity contribution in [2.24, 2.45) is 0 Å². The number of thiazole rings is 1. The van der Waals surface area contributed by atoms with Gasteiger partial charge in [0, 0.05) is 43.3 Å². The van der Waals surface area contributed by atoms with Crippen LogP contribution in [0.4, 0.5) is 0 Å². The van der Waals surface area contributed by atoms with Crippen molar-refractivity contribution < 1.29 is 9.53 Å². The van der Waals surface area contributed by atoms with Crippen molar-refractivity contribution in [3.63, 3.8) is 0 Å². The van der Waals surface area contributed by atoms with Gasteiger partial charge in [-0.1, -0.05) is 6.07 Å². The van der Waals surface area contributed by atoms with Gasteiger partial charge in [-0.2, -0.15) is 0 Å². The molecule has 0 aliphatic carbocycles. The molecule has 0 spiro atoms. The number of pyridine rings is 1. The number of aromatic nitrogens is 2. The van der Waals surface area contributed by atoms with Gasteiger partial charge in [-0.25, -0.2) is 4.98 Å². The molecule has 0 bridgehead atoms. The second-order valence-electron chi connectivity index (χ2n) is 6.64. The van der Waals surface area contributed by atoms with Crippen LogP contribution in [0.2, 0.25) is 0 Å². The highest BCUT2D eigenvalue weighted by molar-refractivity contribution is 7.09. The lowest BCUT2D eigenvalue weighted by Gasteiger charge is -2.34. The third kappa shape index (κ3) is 4.21. The van der Waals surface area contributed by atoms with Gasteiger partial charge in [-0.15, -0.1) is 11.3 Å². The van der Waals surface area contributed by atoms with Gasteiger partial charge in [-0.05, 0) is 36.4 Å². The molecule has 1 amide bonds. The summed E-state index contributed by atoms with van der Waals surface area (Å²) >= 11 is 1.68. The first-order valence-electron chi connectivity index (χ1n) is 9.24. The third-order valence-electron chi connectivity index (χ3n) is 4.84. The molecule has 0 atom stereocenters. The summed E-state index contributed by atoms with van der Waals surface area (Å²) in [5, 5.41) is 3.19. The van der Waals surface area contributed by atoms with Crippen molar-refractivity contribution in [1.29, 1.82) is 0 Å². The first-order chi connectivity index (χ1) is 13.7. The lowest BCUT2D eigenvalue weighted by molar-refractivity contribution is 0.0622. The van der Waals surface area contributed by atoms with Crippen LogP contribution < -0.4 is 4.74 Å². The van der Waals surface area contributed by atoms with Gasteiger partial charge < -0.3 is 9.64 Å². The molecule has 4 rings (SSSR count). The maximum absolute atomic E-state index is 12.5. The summed E-state index contributed by atoms with van der Waals surface area (Å²) in [5.41, 5.74) is 2.60. The number of piperazine rings is 1. The first kappa shape index (κ1) is 18.6. The summed E-state index contributed by atoms with van der Waals surface area (Å²) in [5.74, 6) is 0.855. The average Bonchev–Trinajstić information content (AvgIpc) is 3.23. The largest absolute Gasteiger partial charge is 0.497 e. The second kappa shape index (κ2) is 8.50. The van der Waals surface area contributed by atoms with Crippen LogP contribution in [0, 0.1) is 0 Å². The summed E-state index contributed by atoms with van der Waals surface area (Å²) in [6.45, 7) is 3.93. The van der Waals surface area contributed by atoms with Crippen LogP contribution in [0.1, 0.15) is 15.5 Å². The highest BCUT2D eigenvalue weighted by Crippen LogP contribution is 2.25. The molecular formula is C21H22N4O2S. The van der Waals surface area contributed by atoms with Gasteiger partial charge in [0.2, 0.25) is 0 Å². The van der Waals surface area contributed by atoms with Crippen LogP contribution in [0.3, 0.4) is 0 Å². The molecule has 7 heteroatoms. The van der Waals surface area contributed by atoms with Crippen molar-refractivity contribution in [2.75, 3.05) is 33.3 Å². The molecule has 3 aromatic rings. The monoisotopic (exact) mass is 394 g/mol. The van der Waals surface area contributed by atoms with E-state index in [9.17, 15) is 4.79 Å². The summed E-state index contributed by atoms with van der Waals surface area (Å²) in [7, 11) is 1.67. The number of nitrogens with zero attached hydrogens (tertiary/aromatic N) is 4. The van der Waals surface area contributed by atoms with Crippen molar-refractivity contribution in [3.05, 3.63) is 64.7 Å². The molecule has 1 aliphatic rings. The van der Waals surface area contributed by atoms with Gasteiger partial charge in [-0.3, -0.25) is 14.7 Å². The van der Waals surface area contributed by atoms with Crippen molar-refractivity contribution in [1.82, 2.24) is 19.8 Å². The van der Waals surface area contributed by atoms with E-state index in [1.165, 1.54) is 0 Å². The summed E-state index contributed by atoms with van der Waals surface area (Å²) in [6, 6.07) is 13.4. The Balaban J connectivity index is 1.32. The van der Waals surface area contributed by atoms with Gasteiger partial charge in [0.1, 0.15) is 16.5 Å². The molecule has 0 N–H and O–H groups in total. The zero-order valence-electron chi connectivity index (χ0n) is 15.7. The molecule has 144 valence electrons. The van der Waals surface area contributed by atoms with Gasteiger partial charge >= 0.3 is 0 Å². The summed E-state index contributed by atoms with van der Waals surface area (Å²) in [4.78, 5) is 25.7. The Hall–Kier alpha value is -2.77. The number of methoxy groups -OCH3 is 1. The molecule has 0 saturated carbocycles. The Bertz CT molecular complexity index is 919. The molecule has 2 aromatic heterocycles. The van der Waals surface area contributed by atoms with E-state index in [0.717, 1.165) is 41.6 Å². The fourth-order valence-corrected chi connectivity index (χ4v) is 4.07. The Labute approximate surface area is 168 Å². The van der Waals surface area contributed by atoms with Crippen molar-refractivity contribution in [2.45, 2.75) is 6.54 Å². The van der Waals surface area contributed by atoms with Gasteiger partial charge in [0.05, 0.1) is 19.3 Å². The Morgan fingerprint density at radius 2 is 1.89 bits per heavy atom. The normalized spacial score (nSPS) is 14.8. The van der Waals surface area contributed by atoms with E-state index in [2.05, 4.69) is 15.3 Å². The van der Waals surface area contributed by atoms with E-state index in [-0.39, 0.29) is 5.91 Å². The van der Waals surface area contributed by atoms with Crippen LogP contribution in [-0.2, 0) is 6.54 Å². The molecule has 0 radical (unpaired) electrons. The molecule has 1 aliphatic heterocycles. The van der Waals surface area contributed by atoms with Crippen LogP contribution >= 0.6 is 11.3 Å². The summed E-state index contributed by atoms with van der Waals surface area (Å²) in [6.07, 6.45) is 1.66. The van der Waals surface area contributed by atoms with Crippen LogP contribution in [0.25, 0.3) is 11.3 Å². The Morgan fingerprint density at radius 3 is 2.57 bits per heavy atom. The minimum Gasteiger partial charge on any atom is -0.497 e. The average molecular weight is 395 g/mol. The minimum atomic E-state index is 0.0105. The number of amides is 1. The first-order valence-corrected chi connectivity index (χ1v) is 10.1. The van der Waals surface area contributed by atoms with E-state index in [1.807, 2.05) is 41.3 Å². The fourth-order valence-electron chi connectivity index (χ4n) is 3.23. The fraction of sp³-hybridized carbons (Fsp3) is 0.286. The quantitative estimate of drug-likeness (QED) is 0.665. The van der Waals surface area contributed by atoms with E-state index in [0.29, 0.717) is 18.8 Å². The number of hydrogen-bond donors (Lipinski definition) is 0. The topological polar surface area (TPSA) is 58.6 Å². The Morgan fingerprint density at radius 1 is 1.11 bits per heavy atom. The second-order valence-corrected chi connectivity index (χ2v) is 7.58. The molecule has 28 heavy (non-hydrogen) atoms. The smallest absolute Gasteiger partial charge is 0.272 e. The van der Waals surface area contributed by atoms with E-state index < -0.39 is 0 Å². The molecule has 3 heterocycles. The lowest BCUT2D eigenvalue weighted by Crippen LogP contribution is -2.48. The lowest BCUT2D eigenvalue weighted by atomic mass is 10.2. The Kier molecular flexibility index (Phi) is 5.64. The number of carbonyl (C=O) groups is 1. The van der Waals surface area contributed by atoms with Crippen molar-refractivity contribution >= 4 is 17.2 Å². The predicted octanol–water partition coefficient (Wildman–Crippen LogP) is 3.17. The maximum atomic E-state index is 12.5. The molecular weight excluding hydrogens is 372 g/mol. The van der Waals surface area contributed by atoms with Crippen LogP contribution in [0.5, 0.6) is 5.75 Å². The van der Waals surface area contributed by atoms with E-state index >= 15 is 0 Å². The molecule has 1 fully saturated rings. The number of ether oxygens (including phenoxy) is 1. The zero-order chi connectivity index (χ0) is 19.3. The van der Waals surface area contributed by atoms with Gasteiger partial charge in [0.15, 0.2) is 0 Å². The third-order valence-corrected chi connectivity index (χ3v) is 5.67. The number of carbonyl (C=O) groups excluding carboxylic acids is 1. The molecule has 0 unspecified atom stereocenters. The summed E-state index contributed by atoms with van der Waals surface area (Å²) < 4.78 is 5.21. The minimum absolute atomic E-state index is 0.0105. The predicted molar refractivity (Wildman–Crippen MR) is 110 cm³/mol. The van der Waals surface area contributed by atoms with Gasteiger partial charge in [0.25, 0.3) is 5.91 Å². The number of rotatable bonds is 5. The molecule has 1 aromatic carbocycles. The molecule has 6 nitrogen and oxygen atoms in total.